The maximum absolute atomic E-state index is 13.7. The second kappa shape index (κ2) is 27.7. The molecule has 8 rings (SSSR count). The summed E-state index contributed by atoms with van der Waals surface area (Å²) in [6.45, 7) is 15.6. The fourth-order valence-corrected chi connectivity index (χ4v) is 12.5. The number of Topliss-reactive ketones (excluding diaryl/α,β-unsaturated/α-hetero) is 1. The van der Waals surface area contributed by atoms with Crippen molar-refractivity contribution in [1.29, 1.82) is 0 Å². The fourth-order valence-electron chi connectivity index (χ4n) is 11.2. The van der Waals surface area contributed by atoms with Crippen molar-refractivity contribution in [1.82, 2.24) is 9.96 Å². The second-order valence-electron chi connectivity index (χ2n) is 21.4. The molecule has 22 heteroatoms. The zero-order chi connectivity index (χ0) is 57.9. The molecule has 0 aromatic heterocycles. The molecule has 2 heterocycles. The van der Waals surface area contributed by atoms with Gasteiger partial charge >= 0.3 is 5.97 Å². The smallest absolute Gasteiger partial charge is 0.335 e. The minimum absolute atomic E-state index is 0.0417. The number of ether oxygens (including phenoxy) is 6. The van der Waals surface area contributed by atoms with Crippen LogP contribution in [-0.2, 0) is 79.8 Å². The van der Waals surface area contributed by atoms with Crippen molar-refractivity contribution in [3.8, 4) is 0 Å². The van der Waals surface area contributed by atoms with Gasteiger partial charge in [-0.1, -0.05) is 43.7 Å². The number of carbonyl (C=O) groups excluding carboxylic acids is 4. The fraction of sp³-hybridized carbons (Fsp3) is 0.525. The zero-order valence-electron chi connectivity index (χ0n) is 46.7. The van der Waals surface area contributed by atoms with Crippen LogP contribution in [0.1, 0.15) is 109 Å². The summed E-state index contributed by atoms with van der Waals surface area (Å²) < 4.78 is 101. The average molecular weight is 1160 g/mol. The number of anilines is 1. The van der Waals surface area contributed by atoms with Crippen molar-refractivity contribution in [3.63, 3.8) is 0 Å². The van der Waals surface area contributed by atoms with E-state index in [1.54, 1.807) is 0 Å². The minimum atomic E-state index is -4.77. The molecule has 440 valence electrons. The van der Waals surface area contributed by atoms with Crippen molar-refractivity contribution >= 4 is 55.1 Å². The highest BCUT2D eigenvalue weighted by Crippen LogP contribution is 2.54. The van der Waals surface area contributed by atoms with E-state index in [4.69, 9.17) is 33.3 Å². The molecule has 3 aromatic carbocycles. The second-order valence-corrected chi connectivity index (χ2v) is 24.2. The van der Waals surface area contributed by atoms with Crippen molar-refractivity contribution in [2.45, 2.75) is 101 Å². The van der Waals surface area contributed by atoms with Crippen LogP contribution in [0.3, 0.4) is 0 Å². The third-order valence-electron chi connectivity index (χ3n) is 15.4. The number of carbonyl (C=O) groups is 4. The number of hydroxylamine groups is 2. The quantitative estimate of drug-likeness (QED) is 0.0297. The monoisotopic (exact) mass is 1160 g/mol. The van der Waals surface area contributed by atoms with Crippen molar-refractivity contribution in [3.05, 3.63) is 116 Å². The van der Waals surface area contributed by atoms with Crippen LogP contribution in [0.25, 0.3) is 5.57 Å². The molecule has 2 aliphatic heterocycles. The van der Waals surface area contributed by atoms with E-state index in [1.165, 1.54) is 33.9 Å². The van der Waals surface area contributed by atoms with E-state index in [1.807, 2.05) is 12.1 Å². The molecular formula is C59H75N3O17S2. The predicted octanol–water partition coefficient (Wildman–Crippen LogP) is 6.94. The molecule has 1 atom stereocenters. The van der Waals surface area contributed by atoms with Crippen LogP contribution in [0, 0.1) is 19.8 Å². The van der Waals surface area contributed by atoms with Crippen LogP contribution >= 0.6 is 0 Å². The van der Waals surface area contributed by atoms with E-state index in [0.29, 0.717) is 122 Å². The van der Waals surface area contributed by atoms with Gasteiger partial charge in [0.05, 0.1) is 88.9 Å². The maximum Gasteiger partial charge on any atom is 0.335 e. The summed E-state index contributed by atoms with van der Waals surface area (Å²) in [4.78, 5) is 56.5. The highest BCUT2D eigenvalue weighted by Gasteiger charge is 2.41. The van der Waals surface area contributed by atoms with E-state index in [-0.39, 0.29) is 55.8 Å². The van der Waals surface area contributed by atoms with Crippen LogP contribution in [0.4, 0.5) is 5.69 Å². The van der Waals surface area contributed by atoms with Gasteiger partial charge < -0.3 is 38.2 Å². The number of fused-ring (bicyclic) bond motifs is 3. The number of amides is 2. The lowest BCUT2D eigenvalue weighted by atomic mass is 9.62. The standard InChI is InChI=1S/C59H75N3O17S2/c1-40-33-45(52(63)9-6-21-73-23-25-75-27-29-77-31-32-78-30-28-76-26-24-74-22-16-56(66)79-62-54(64)14-15-55(62)65)34-41(2)57(40)58-48-13-11-46(37-51(48)59(3,4)50-36-43-8-5-7-42(43)35-49(50)58)61-19-17-60(18-20-61)39-44-10-12-47(80(67,68)69)38-53(44)81(70,71)72/h10-13,33-38,43H,5-9,14-32,39H2,1-4H3,(H,67,68,69)(H,70,71,72). The van der Waals surface area contributed by atoms with Gasteiger partial charge in [0.25, 0.3) is 32.1 Å². The zero-order valence-corrected chi connectivity index (χ0v) is 48.3. The molecule has 20 nitrogen and oxygen atoms in total. The lowest BCUT2D eigenvalue weighted by Crippen LogP contribution is -2.46. The summed E-state index contributed by atoms with van der Waals surface area (Å²) in [5.41, 5.74) is 12.5. The molecule has 3 fully saturated rings. The summed E-state index contributed by atoms with van der Waals surface area (Å²) >= 11 is 0. The molecule has 2 N–H and O–H groups in total. The highest BCUT2D eigenvalue weighted by atomic mass is 32.2. The van der Waals surface area contributed by atoms with E-state index >= 15 is 0 Å². The number of ketones is 1. The molecule has 5 aliphatic rings. The Hall–Kier alpha value is -5.50. The topological polar surface area (TPSA) is 251 Å². The molecular weight excluding hydrogens is 1090 g/mol. The van der Waals surface area contributed by atoms with Gasteiger partial charge in [-0.25, -0.2) is 4.79 Å². The first kappa shape index (κ1) is 61.6. The van der Waals surface area contributed by atoms with Gasteiger partial charge in [-0.05, 0) is 132 Å². The third-order valence-corrected chi connectivity index (χ3v) is 17.2. The number of benzene rings is 3. The van der Waals surface area contributed by atoms with E-state index in [2.05, 4.69) is 67.8 Å². The first-order chi connectivity index (χ1) is 38.7. The predicted molar refractivity (Wildman–Crippen MR) is 299 cm³/mol. The SMILES string of the molecule is Cc1cc(C(=O)CCCOCCOCCOCCOCCOCCOCCC(=O)ON2C(=O)CCC2=O)cc(C)c1C1=C2C=C3CCCC3C=C2C(C)(C)c2cc(N3CCN(Cc4ccc(S(=O)(=O)O)cc4S(=O)(=O)O)CC3)ccc21. The molecule has 2 saturated heterocycles. The maximum atomic E-state index is 13.7. The summed E-state index contributed by atoms with van der Waals surface area (Å²) in [5.74, 6) is -1.29. The lowest BCUT2D eigenvalue weighted by Gasteiger charge is -2.42. The number of aryl methyl sites for hydroxylation is 2. The van der Waals surface area contributed by atoms with Gasteiger partial charge in [-0.15, -0.1) is 5.06 Å². The third kappa shape index (κ3) is 15.8. The number of piperazine rings is 1. The summed E-state index contributed by atoms with van der Waals surface area (Å²) in [7, 11) is -9.46. The molecule has 1 saturated carbocycles. The molecule has 0 spiro atoms. The Morgan fingerprint density at radius 1 is 0.679 bits per heavy atom. The number of allylic oxidation sites excluding steroid dienone is 5. The molecule has 3 aliphatic carbocycles. The molecule has 0 bridgehead atoms. The first-order valence-electron chi connectivity index (χ1n) is 27.8. The van der Waals surface area contributed by atoms with Gasteiger partial charge in [-0.2, -0.15) is 16.8 Å². The van der Waals surface area contributed by atoms with Gasteiger partial charge in [0.15, 0.2) is 5.78 Å². The summed E-state index contributed by atoms with van der Waals surface area (Å²) in [6.07, 6.45) is 9.24. The van der Waals surface area contributed by atoms with Crippen LogP contribution in [0.5, 0.6) is 0 Å². The summed E-state index contributed by atoms with van der Waals surface area (Å²) in [5, 5.41) is 0.513. The Bertz CT molecular complexity index is 3100. The Labute approximate surface area is 474 Å². The number of nitrogens with zero attached hydrogens (tertiary/aromatic N) is 3. The first-order valence-corrected chi connectivity index (χ1v) is 30.6. The number of imide groups is 1. The van der Waals surface area contributed by atoms with Crippen molar-refractivity contribution < 1.29 is 78.4 Å². The highest BCUT2D eigenvalue weighted by molar-refractivity contribution is 7.86. The average Bonchev–Trinajstić information content (AvgIpc) is 2.66. The van der Waals surface area contributed by atoms with Gasteiger partial charge in [0, 0.05) is 75.3 Å². The number of hydrogen-bond acceptors (Lipinski definition) is 17. The molecule has 0 radical (unpaired) electrons. The molecule has 1 unspecified atom stereocenters. The van der Waals surface area contributed by atoms with Gasteiger partial charge in [0.2, 0.25) is 0 Å². The molecule has 3 aromatic rings. The van der Waals surface area contributed by atoms with E-state index in [9.17, 15) is 45.1 Å². The van der Waals surface area contributed by atoms with Gasteiger partial charge in [0.1, 0.15) is 0 Å². The van der Waals surface area contributed by atoms with Crippen LogP contribution < -0.4 is 4.90 Å². The Kier molecular flexibility index (Phi) is 21.1. The van der Waals surface area contributed by atoms with Crippen LogP contribution in [-0.4, -0.2) is 165 Å². The van der Waals surface area contributed by atoms with E-state index in [0.717, 1.165) is 59.3 Å². The van der Waals surface area contributed by atoms with Crippen LogP contribution in [0.15, 0.2) is 87.2 Å². The van der Waals surface area contributed by atoms with Crippen molar-refractivity contribution in [2.24, 2.45) is 5.92 Å². The van der Waals surface area contributed by atoms with Crippen molar-refractivity contribution in [2.75, 3.05) is 110 Å². The molecule has 81 heavy (non-hydrogen) atoms. The number of rotatable bonds is 30. The Balaban J connectivity index is 0.761. The Morgan fingerprint density at radius 2 is 1.26 bits per heavy atom. The lowest BCUT2D eigenvalue weighted by molar-refractivity contribution is -0.198. The summed E-state index contributed by atoms with van der Waals surface area (Å²) in [6, 6.07) is 14.0. The largest absolute Gasteiger partial charge is 0.379 e. The van der Waals surface area contributed by atoms with Gasteiger partial charge in [-0.3, -0.25) is 28.4 Å². The molecule has 2 amide bonds. The minimum Gasteiger partial charge on any atom is -0.379 e. The normalized spacial score (nSPS) is 18.2. The van der Waals surface area contributed by atoms with Crippen LogP contribution in [0.2, 0.25) is 0 Å². The Morgan fingerprint density at radius 3 is 1.84 bits per heavy atom. The van der Waals surface area contributed by atoms with E-state index < -0.39 is 47.8 Å². The number of hydrogen-bond donors (Lipinski definition) is 2.